The van der Waals surface area contributed by atoms with Crippen LogP contribution in [0.4, 0.5) is 5.69 Å². The van der Waals surface area contributed by atoms with E-state index in [-0.39, 0.29) is 11.2 Å². The van der Waals surface area contributed by atoms with Gasteiger partial charge >= 0.3 is 5.97 Å². The molecule has 0 bridgehead atoms. The molecular formula is C33H32N2O6. The minimum atomic E-state index is -0.619. The first-order valence-corrected chi connectivity index (χ1v) is 13.1. The molecule has 0 fully saturated rings. The maximum absolute atomic E-state index is 13.4. The number of allylic oxidation sites excluding steroid dienone is 1. The lowest BCUT2D eigenvalue weighted by Gasteiger charge is -2.23. The molecule has 0 spiro atoms. The highest BCUT2D eigenvalue weighted by Crippen LogP contribution is 2.46. The number of hydrogen-bond donors (Lipinski definition) is 0. The monoisotopic (exact) mass is 552 g/mol. The van der Waals surface area contributed by atoms with Gasteiger partial charge in [0.2, 0.25) is 5.75 Å². The van der Waals surface area contributed by atoms with Gasteiger partial charge in [-0.05, 0) is 35.9 Å². The predicted octanol–water partition coefficient (Wildman–Crippen LogP) is 5.97. The molecule has 0 saturated heterocycles. The van der Waals surface area contributed by atoms with Gasteiger partial charge in [0.15, 0.2) is 23.9 Å². The minimum Gasteiger partial charge on any atom is -0.493 e. The zero-order chi connectivity index (χ0) is 29.3. The van der Waals surface area contributed by atoms with E-state index >= 15 is 0 Å². The SMILES string of the molecule is COc1cc(-c2cc(C(=O)OCC(=O)C=C3N(C)c4ccccc4C3(C)C)c3ccccc3n2)cc(OC)c1OC. The van der Waals surface area contributed by atoms with Crippen LogP contribution in [-0.2, 0) is 14.9 Å². The number of rotatable bonds is 8. The molecule has 0 saturated carbocycles. The Hall–Kier alpha value is -4.85. The van der Waals surface area contributed by atoms with Crippen LogP contribution >= 0.6 is 0 Å². The van der Waals surface area contributed by atoms with Gasteiger partial charge in [-0.25, -0.2) is 9.78 Å². The number of methoxy groups -OCH3 is 3. The minimum absolute atomic E-state index is 0.297. The summed E-state index contributed by atoms with van der Waals surface area (Å²) in [5.74, 6) is 0.449. The highest BCUT2D eigenvalue weighted by Gasteiger charge is 2.38. The standard InChI is InChI=1S/C33H32N2O6/c1-33(2)24-12-8-10-14-27(24)35(3)30(33)17-21(36)19-41-32(37)23-18-26(34-25-13-9-7-11-22(23)25)20-15-28(38-4)31(40-6)29(16-20)39-5/h7-18H,19H2,1-6H3. The van der Waals surface area contributed by atoms with Gasteiger partial charge in [-0.15, -0.1) is 0 Å². The van der Waals surface area contributed by atoms with Crippen molar-refractivity contribution in [2.75, 3.05) is 39.9 Å². The molecular weight excluding hydrogens is 520 g/mol. The lowest BCUT2D eigenvalue weighted by molar-refractivity contribution is -0.117. The van der Waals surface area contributed by atoms with Crippen LogP contribution in [0.15, 0.2) is 78.5 Å². The van der Waals surface area contributed by atoms with Gasteiger partial charge in [0.05, 0.1) is 38.1 Å². The third-order valence-electron chi connectivity index (χ3n) is 7.48. The lowest BCUT2D eigenvalue weighted by atomic mass is 9.83. The summed E-state index contributed by atoms with van der Waals surface area (Å²) >= 11 is 0. The fourth-order valence-corrected chi connectivity index (χ4v) is 5.39. The Morgan fingerprint density at radius 2 is 1.56 bits per heavy atom. The molecule has 0 aliphatic carbocycles. The first-order valence-electron chi connectivity index (χ1n) is 13.1. The van der Waals surface area contributed by atoms with Gasteiger partial charge in [-0.1, -0.05) is 50.2 Å². The number of nitrogens with zero attached hydrogens (tertiary/aromatic N) is 2. The molecule has 210 valence electrons. The van der Waals surface area contributed by atoms with Crippen LogP contribution in [-0.4, -0.2) is 51.7 Å². The molecule has 0 N–H and O–H groups in total. The molecule has 41 heavy (non-hydrogen) atoms. The van der Waals surface area contributed by atoms with Gasteiger partial charge in [0.25, 0.3) is 0 Å². The van der Waals surface area contributed by atoms with Crippen molar-refractivity contribution in [3.05, 3.63) is 89.6 Å². The van der Waals surface area contributed by atoms with Crippen LogP contribution in [0.5, 0.6) is 17.2 Å². The normalized spacial score (nSPS) is 14.6. The molecule has 2 heterocycles. The quantitative estimate of drug-likeness (QED) is 0.195. The highest BCUT2D eigenvalue weighted by atomic mass is 16.5. The molecule has 0 unspecified atom stereocenters. The van der Waals surface area contributed by atoms with Crippen molar-refractivity contribution in [3.8, 4) is 28.5 Å². The number of aromatic nitrogens is 1. The largest absolute Gasteiger partial charge is 0.493 e. The summed E-state index contributed by atoms with van der Waals surface area (Å²) in [7, 11) is 6.54. The molecule has 0 amide bonds. The summed E-state index contributed by atoms with van der Waals surface area (Å²) in [6.45, 7) is 3.77. The third kappa shape index (κ3) is 4.97. The number of fused-ring (bicyclic) bond motifs is 2. The summed E-state index contributed by atoms with van der Waals surface area (Å²) < 4.78 is 22.0. The number of ether oxygens (including phenoxy) is 4. The lowest BCUT2D eigenvalue weighted by Crippen LogP contribution is -2.25. The van der Waals surface area contributed by atoms with E-state index in [2.05, 4.69) is 19.9 Å². The van der Waals surface area contributed by atoms with Crippen LogP contribution in [0.2, 0.25) is 0 Å². The molecule has 1 aromatic heterocycles. The van der Waals surface area contributed by atoms with Crippen LogP contribution in [0, 0.1) is 0 Å². The van der Waals surface area contributed by atoms with E-state index in [1.807, 2.05) is 48.3 Å². The van der Waals surface area contributed by atoms with Crippen molar-refractivity contribution in [1.29, 1.82) is 0 Å². The van der Waals surface area contributed by atoms with E-state index in [1.54, 1.807) is 30.3 Å². The Labute approximate surface area is 239 Å². The smallest absolute Gasteiger partial charge is 0.339 e. The molecule has 8 nitrogen and oxygen atoms in total. The zero-order valence-electron chi connectivity index (χ0n) is 24.0. The summed E-state index contributed by atoms with van der Waals surface area (Å²) in [6.07, 6.45) is 1.57. The van der Waals surface area contributed by atoms with Gasteiger partial charge in [0, 0.05) is 40.9 Å². The maximum atomic E-state index is 13.4. The molecule has 1 aliphatic rings. The van der Waals surface area contributed by atoms with Crippen LogP contribution in [0.1, 0.15) is 29.8 Å². The summed E-state index contributed by atoms with van der Waals surface area (Å²) in [5, 5.41) is 0.617. The molecule has 8 heteroatoms. The molecule has 5 rings (SSSR count). The fraction of sp³-hybridized carbons (Fsp3) is 0.242. The number of para-hydroxylation sites is 2. The Morgan fingerprint density at radius 1 is 0.902 bits per heavy atom. The molecule has 0 atom stereocenters. The fourth-order valence-electron chi connectivity index (χ4n) is 5.39. The Balaban J connectivity index is 1.44. The van der Waals surface area contributed by atoms with E-state index in [9.17, 15) is 9.59 Å². The van der Waals surface area contributed by atoms with Crippen molar-refractivity contribution in [3.63, 3.8) is 0 Å². The third-order valence-corrected chi connectivity index (χ3v) is 7.48. The molecule has 0 radical (unpaired) electrons. The van der Waals surface area contributed by atoms with E-state index in [1.165, 1.54) is 21.3 Å². The number of pyridine rings is 1. The first kappa shape index (κ1) is 27.7. The van der Waals surface area contributed by atoms with Crippen molar-refractivity contribution in [2.45, 2.75) is 19.3 Å². The zero-order valence-corrected chi connectivity index (χ0v) is 24.0. The topological polar surface area (TPSA) is 87.2 Å². The van der Waals surface area contributed by atoms with Crippen LogP contribution in [0.3, 0.4) is 0 Å². The number of likely N-dealkylation sites (N-methyl/N-ethyl adjacent to an activating group) is 1. The van der Waals surface area contributed by atoms with Gasteiger partial charge < -0.3 is 23.8 Å². The molecule has 1 aliphatic heterocycles. The Kier molecular flexibility index (Phi) is 7.41. The van der Waals surface area contributed by atoms with Crippen molar-refractivity contribution < 1.29 is 28.5 Å². The molecule has 3 aromatic carbocycles. The van der Waals surface area contributed by atoms with E-state index < -0.39 is 12.6 Å². The predicted molar refractivity (Wildman–Crippen MR) is 158 cm³/mol. The van der Waals surface area contributed by atoms with E-state index in [4.69, 9.17) is 23.9 Å². The first-order chi connectivity index (χ1) is 19.7. The van der Waals surface area contributed by atoms with Crippen molar-refractivity contribution in [1.82, 2.24) is 4.98 Å². The number of benzene rings is 3. The summed E-state index contributed by atoms with van der Waals surface area (Å²) in [5.41, 5.74) is 4.75. The number of hydrogen-bond acceptors (Lipinski definition) is 8. The highest BCUT2D eigenvalue weighted by molar-refractivity contribution is 6.05. The van der Waals surface area contributed by atoms with Gasteiger partial charge in [-0.2, -0.15) is 0 Å². The number of ketones is 1. The van der Waals surface area contributed by atoms with Crippen LogP contribution < -0.4 is 19.1 Å². The second-order valence-corrected chi connectivity index (χ2v) is 10.3. The average Bonchev–Trinajstić information content (AvgIpc) is 3.18. The average molecular weight is 553 g/mol. The summed E-state index contributed by atoms with van der Waals surface area (Å²) in [6, 6.07) is 20.5. The van der Waals surface area contributed by atoms with E-state index in [0.29, 0.717) is 45.0 Å². The second-order valence-electron chi connectivity index (χ2n) is 10.3. The van der Waals surface area contributed by atoms with Gasteiger partial charge in [-0.3, -0.25) is 4.79 Å². The van der Waals surface area contributed by atoms with Crippen molar-refractivity contribution in [2.24, 2.45) is 0 Å². The van der Waals surface area contributed by atoms with Crippen molar-refractivity contribution >= 4 is 28.3 Å². The van der Waals surface area contributed by atoms with Gasteiger partial charge in [0.1, 0.15) is 0 Å². The van der Waals surface area contributed by atoms with Crippen LogP contribution in [0.25, 0.3) is 22.2 Å². The Morgan fingerprint density at radius 3 is 2.22 bits per heavy atom. The number of carbonyl (C=O) groups excluding carboxylic acids is 2. The number of anilines is 1. The molecule has 4 aromatic rings. The Bertz CT molecular complexity index is 1670. The maximum Gasteiger partial charge on any atom is 0.339 e. The number of carbonyl (C=O) groups is 2. The second kappa shape index (κ2) is 11.0. The van der Waals surface area contributed by atoms with E-state index in [0.717, 1.165) is 16.9 Å². The number of esters is 1. The summed E-state index contributed by atoms with van der Waals surface area (Å²) in [4.78, 5) is 33.2.